The largest absolute Gasteiger partial charge is 0.388 e. The molecule has 1 aromatic rings. The lowest BCUT2D eigenvalue weighted by molar-refractivity contribution is 0.0131. The van der Waals surface area contributed by atoms with Crippen LogP contribution in [0.3, 0.4) is 0 Å². The van der Waals surface area contributed by atoms with Gasteiger partial charge in [0, 0.05) is 31.2 Å². The number of aromatic nitrogens is 2. The number of aliphatic hydroxyl groups is 1. The van der Waals surface area contributed by atoms with Gasteiger partial charge in [-0.3, -0.25) is 9.67 Å². The Hall–Kier alpha value is -0.830. The van der Waals surface area contributed by atoms with Crippen LogP contribution in [0.5, 0.6) is 0 Å². The van der Waals surface area contributed by atoms with Gasteiger partial charge >= 0.3 is 0 Å². The van der Waals surface area contributed by atoms with E-state index in [1.54, 1.807) is 0 Å². The van der Waals surface area contributed by atoms with Crippen LogP contribution in [0.25, 0.3) is 0 Å². The van der Waals surface area contributed by atoms with Crippen LogP contribution in [-0.4, -0.2) is 45.6 Å². The second kappa shape index (κ2) is 10.1. The smallest absolute Gasteiger partial charge is 0.191 e. The van der Waals surface area contributed by atoms with E-state index in [-0.39, 0.29) is 24.0 Å². The van der Waals surface area contributed by atoms with Crippen LogP contribution in [0, 0.1) is 0 Å². The molecule has 154 valence electrons. The van der Waals surface area contributed by atoms with E-state index in [1.807, 2.05) is 0 Å². The number of nitrogens with one attached hydrogen (secondary N) is 2. The minimum atomic E-state index is -0.615. The Balaban J connectivity index is 0.00000261. The molecule has 7 heteroatoms. The summed E-state index contributed by atoms with van der Waals surface area (Å²) in [5.74, 6) is 0.822. The van der Waals surface area contributed by atoms with E-state index in [2.05, 4.69) is 42.3 Å². The molecule has 1 saturated carbocycles. The van der Waals surface area contributed by atoms with Crippen LogP contribution in [0.1, 0.15) is 76.6 Å². The van der Waals surface area contributed by atoms with Crippen molar-refractivity contribution in [3.05, 3.63) is 17.5 Å². The van der Waals surface area contributed by atoms with E-state index >= 15 is 0 Å². The van der Waals surface area contributed by atoms with Gasteiger partial charge in [-0.25, -0.2) is 0 Å². The number of hydrogen-bond donors (Lipinski definition) is 3. The maximum absolute atomic E-state index is 10.7. The van der Waals surface area contributed by atoms with Crippen molar-refractivity contribution in [1.82, 2.24) is 20.4 Å². The van der Waals surface area contributed by atoms with E-state index in [0.717, 1.165) is 57.5 Å². The molecule has 1 unspecified atom stereocenters. The van der Waals surface area contributed by atoms with Gasteiger partial charge in [0.1, 0.15) is 0 Å². The summed E-state index contributed by atoms with van der Waals surface area (Å²) < 4.78 is 2.07. The molecule has 1 atom stereocenters. The summed E-state index contributed by atoms with van der Waals surface area (Å²) in [6, 6.07) is 0.749. The molecular weight excluding hydrogens is 453 g/mol. The third-order valence-electron chi connectivity index (χ3n) is 5.63. The Morgan fingerprint density at radius 2 is 2.11 bits per heavy atom. The van der Waals surface area contributed by atoms with Crippen LogP contribution in [0.2, 0.25) is 0 Å². The molecule has 3 rings (SSSR count). The van der Waals surface area contributed by atoms with Crippen molar-refractivity contribution in [2.45, 2.75) is 89.8 Å². The van der Waals surface area contributed by atoms with Crippen molar-refractivity contribution >= 4 is 29.9 Å². The highest BCUT2D eigenvalue weighted by Crippen LogP contribution is 2.28. The van der Waals surface area contributed by atoms with Crippen molar-refractivity contribution in [2.24, 2.45) is 4.99 Å². The normalized spacial score (nSPS) is 22.1. The topological polar surface area (TPSA) is 74.5 Å². The number of aliphatic imine (C=N–C) groups is 1. The average Bonchev–Trinajstić information content (AvgIpc) is 3.04. The van der Waals surface area contributed by atoms with Gasteiger partial charge in [-0.1, -0.05) is 19.3 Å². The molecule has 0 radical (unpaired) electrons. The average molecular weight is 489 g/mol. The van der Waals surface area contributed by atoms with Gasteiger partial charge in [0.2, 0.25) is 0 Å². The van der Waals surface area contributed by atoms with Crippen molar-refractivity contribution in [3.8, 4) is 0 Å². The van der Waals surface area contributed by atoms with Crippen LogP contribution in [0.15, 0.2) is 11.2 Å². The van der Waals surface area contributed by atoms with Crippen molar-refractivity contribution < 1.29 is 5.11 Å². The maximum atomic E-state index is 10.7. The van der Waals surface area contributed by atoms with Crippen LogP contribution in [0.4, 0.5) is 0 Å². The first kappa shape index (κ1) is 22.5. The number of fused-ring (bicyclic) bond motifs is 1. The summed E-state index contributed by atoms with van der Waals surface area (Å²) in [6.45, 7) is 7.72. The predicted octanol–water partition coefficient (Wildman–Crippen LogP) is 3.19. The molecule has 0 aromatic carbocycles. The van der Waals surface area contributed by atoms with Gasteiger partial charge in [-0.2, -0.15) is 5.10 Å². The second-order valence-electron chi connectivity index (χ2n) is 8.24. The number of nitrogens with zero attached hydrogens (tertiary/aromatic N) is 3. The minimum Gasteiger partial charge on any atom is -0.388 e. The molecule has 0 bridgehead atoms. The number of rotatable bonds is 5. The molecule has 0 amide bonds. The minimum absolute atomic E-state index is 0. The SMILES string of the molecule is CCNC(=NCC1(O)CCCCC1)NC1CCc2cn(C(C)C)nc2C1.I. The summed E-state index contributed by atoms with van der Waals surface area (Å²) in [5, 5.41) is 22.4. The monoisotopic (exact) mass is 489 g/mol. The van der Waals surface area contributed by atoms with Crippen LogP contribution >= 0.6 is 24.0 Å². The molecule has 2 aliphatic rings. The molecule has 27 heavy (non-hydrogen) atoms. The fourth-order valence-electron chi connectivity index (χ4n) is 4.01. The third kappa shape index (κ3) is 6.07. The Morgan fingerprint density at radius 1 is 1.37 bits per heavy atom. The molecule has 3 N–H and O–H groups in total. The number of halogens is 1. The summed E-state index contributed by atoms with van der Waals surface area (Å²) in [5.41, 5.74) is 1.98. The first-order valence-electron chi connectivity index (χ1n) is 10.3. The lowest BCUT2D eigenvalue weighted by Crippen LogP contribution is -2.46. The first-order valence-corrected chi connectivity index (χ1v) is 10.3. The molecule has 6 nitrogen and oxygen atoms in total. The summed E-state index contributed by atoms with van der Waals surface area (Å²) in [4.78, 5) is 4.71. The summed E-state index contributed by atoms with van der Waals surface area (Å²) >= 11 is 0. The Morgan fingerprint density at radius 3 is 2.78 bits per heavy atom. The van der Waals surface area contributed by atoms with E-state index in [9.17, 15) is 5.11 Å². The first-order chi connectivity index (χ1) is 12.5. The van der Waals surface area contributed by atoms with Gasteiger partial charge in [0.25, 0.3) is 0 Å². The van der Waals surface area contributed by atoms with Crippen molar-refractivity contribution in [1.29, 1.82) is 0 Å². The Kier molecular flexibility index (Phi) is 8.39. The fourth-order valence-corrected chi connectivity index (χ4v) is 4.01. The molecule has 1 aromatic heterocycles. The van der Waals surface area contributed by atoms with Crippen LogP contribution in [-0.2, 0) is 12.8 Å². The molecule has 1 fully saturated rings. The lowest BCUT2D eigenvalue weighted by Gasteiger charge is -2.31. The van der Waals surface area contributed by atoms with Gasteiger partial charge in [-0.05, 0) is 52.0 Å². The number of guanidine groups is 1. The zero-order valence-electron chi connectivity index (χ0n) is 17.0. The molecule has 1 heterocycles. The van der Waals surface area contributed by atoms with E-state index in [1.165, 1.54) is 17.7 Å². The van der Waals surface area contributed by atoms with Gasteiger partial charge in [0.15, 0.2) is 5.96 Å². The van der Waals surface area contributed by atoms with Gasteiger partial charge < -0.3 is 15.7 Å². The fraction of sp³-hybridized carbons (Fsp3) is 0.800. The highest BCUT2D eigenvalue weighted by Gasteiger charge is 2.29. The highest BCUT2D eigenvalue weighted by molar-refractivity contribution is 14.0. The van der Waals surface area contributed by atoms with Crippen LogP contribution < -0.4 is 10.6 Å². The molecule has 0 aliphatic heterocycles. The number of hydrogen-bond acceptors (Lipinski definition) is 3. The van der Waals surface area contributed by atoms with E-state index in [4.69, 9.17) is 10.1 Å². The van der Waals surface area contributed by atoms with E-state index < -0.39 is 5.60 Å². The zero-order valence-corrected chi connectivity index (χ0v) is 19.3. The van der Waals surface area contributed by atoms with Gasteiger partial charge in [0.05, 0.1) is 17.8 Å². The molecule has 0 saturated heterocycles. The summed E-state index contributed by atoms with van der Waals surface area (Å²) in [7, 11) is 0. The molecule has 2 aliphatic carbocycles. The Bertz CT molecular complexity index is 622. The predicted molar refractivity (Wildman–Crippen MR) is 121 cm³/mol. The third-order valence-corrected chi connectivity index (χ3v) is 5.63. The highest BCUT2D eigenvalue weighted by atomic mass is 127. The van der Waals surface area contributed by atoms with Gasteiger partial charge in [-0.15, -0.1) is 24.0 Å². The zero-order chi connectivity index (χ0) is 18.6. The van der Waals surface area contributed by atoms with Crippen molar-refractivity contribution in [3.63, 3.8) is 0 Å². The molecule has 0 spiro atoms. The standard InChI is InChI=1S/C20H35N5O.HI/c1-4-21-19(22-14-20(26)10-6-5-7-11-20)23-17-9-8-16-13-25(15(2)3)24-18(16)12-17;/h13,15,17,26H,4-12,14H2,1-3H3,(H2,21,22,23);1H. The maximum Gasteiger partial charge on any atom is 0.191 e. The number of aryl methyl sites for hydroxylation is 1. The van der Waals surface area contributed by atoms with Crippen molar-refractivity contribution in [2.75, 3.05) is 13.1 Å². The van der Waals surface area contributed by atoms with E-state index in [0.29, 0.717) is 18.6 Å². The molecular formula is C20H36IN5O. The summed E-state index contributed by atoms with van der Waals surface area (Å²) in [6.07, 6.45) is 10.5. The Labute approximate surface area is 180 Å². The lowest BCUT2D eigenvalue weighted by atomic mass is 9.85. The second-order valence-corrected chi connectivity index (χ2v) is 8.24. The quantitative estimate of drug-likeness (QED) is 0.338.